The van der Waals surface area contributed by atoms with E-state index in [1.165, 1.54) is 19.9 Å². The standard InChI is InChI=1S/C14H14O5/c1-8-5-4-6-9(11(8)15)7-10-12(16)18-14(2,3)19-13(10)17/h4-7,15H,1-3H3. The molecule has 0 saturated carbocycles. The van der Waals surface area contributed by atoms with Crippen molar-refractivity contribution < 1.29 is 24.2 Å². The van der Waals surface area contributed by atoms with Gasteiger partial charge in [0.05, 0.1) is 0 Å². The summed E-state index contributed by atoms with van der Waals surface area (Å²) in [6, 6.07) is 5.03. The predicted octanol–water partition coefficient (Wildman–Crippen LogP) is 1.92. The van der Waals surface area contributed by atoms with Crippen LogP contribution in [0.4, 0.5) is 0 Å². The van der Waals surface area contributed by atoms with Crippen molar-refractivity contribution in [2.24, 2.45) is 0 Å². The molecule has 0 radical (unpaired) electrons. The number of esters is 2. The molecule has 1 N–H and O–H groups in total. The molecule has 19 heavy (non-hydrogen) atoms. The van der Waals surface area contributed by atoms with Crippen LogP contribution in [0.1, 0.15) is 25.0 Å². The number of rotatable bonds is 1. The first-order chi connectivity index (χ1) is 8.80. The number of aryl methyl sites for hydroxylation is 1. The molecule has 5 heteroatoms. The zero-order valence-electron chi connectivity index (χ0n) is 10.9. The fourth-order valence-corrected chi connectivity index (χ4v) is 1.73. The van der Waals surface area contributed by atoms with Crippen LogP contribution in [-0.4, -0.2) is 22.8 Å². The number of aromatic hydroxyl groups is 1. The number of cyclic esters (lactones) is 2. The third kappa shape index (κ3) is 2.59. The molecule has 0 bridgehead atoms. The average Bonchev–Trinajstić information content (AvgIpc) is 2.27. The lowest BCUT2D eigenvalue weighted by atomic mass is 10.1. The Bertz CT molecular complexity index is 561. The summed E-state index contributed by atoms with van der Waals surface area (Å²) in [6.07, 6.45) is 1.27. The van der Waals surface area contributed by atoms with Crippen molar-refractivity contribution in [3.05, 3.63) is 34.9 Å². The normalized spacial score (nSPS) is 17.7. The molecule has 100 valence electrons. The molecule has 1 heterocycles. The molecule has 2 rings (SSSR count). The number of carbonyl (C=O) groups is 2. The fourth-order valence-electron chi connectivity index (χ4n) is 1.73. The molecule has 0 spiro atoms. The van der Waals surface area contributed by atoms with E-state index < -0.39 is 17.7 Å². The number of phenols is 1. The Morgan fingerprint density at radius 3 is 2.32 bits per heavy atom. The SMILES string of the molecule is Cc1cccc(C=C2C(=O)OC(C)(C)OC2=O)c1O. The minimum Gasteiger partial charge on any atom is -0.507 e. The zero-order chi connectivity index (χ0) is 14.2. The number of para-hydroxylation sites is 1. The van der Waals surface area contributed by atoms with E-state index in [4.69, 9.17) is 9.47 Å². The number of carbonyl (C=O) groups excluding carboxylic acids is 2. The summed E-state index contributed by atoms with van der Waals surface area (Å²) in [5, 5.41) is 9.85. The Morgan fingerprint density at radius 1 is 1.16 bits per heavy atom. The highest BCUT2D eigenvalue weighted by molar-refractivity contribution is 6.19. The second-order valence-electron chi connectivity index (χ2n) is 4.75. The minimum absolute atomic E-state index is 0.0143. The van der Waals surface area contributed by atoms with Gasteiger partial charge in [0, 0.05) is 19.4 Å². The van der Waals surface area contributed by atoms with Gasteiger partial charge >= 0.3 is 11.9 Å². The van der Waals surface area contributed by atoms with Crippen LogP contribution in [0.5, 0.6) is 5.75 Å². The second-order valence-corrected chi connectivity index (χ2v) is 4.75. The fraction of sp³-hybridized carbons (Fsp3) is 0.286. The average molecular weight is 262 g/mol. The molecule has 0 aromatic heterocycles. The summed E-state index contributed by atoms with van der Waals surface area (Å²) in [4.78, 5) is 23.5. The zero-order valence-corrected chi connectivity index (χ0v) is 10.9. The monoisotopic (exact) mass is 262 g/mol. The van der Waals surface area contributed by atoms with Crippen molar-refractivity contribution in [3.63, 3.8) is 0 Å². The molecule has 0 unspecified atom stereocenters. The number of benzene rings is 1. The molecule has 1 aromatic carbocycles. The van der Waals surface area contributed by atoms with Crippen LogP contribution in [0, 0.1) is 6.92 Å². The maximum Gasteiger partial charge on any atom is 0.348 e. The molecule has 1 saturated heterocycles. The van der Waals surface area contributed by atoms with E-state index in [0.29, 0.717) is 11.1 Å². The molecule has 1 aliphatic heterocycles. The first-order valence-corrected chi connectivity index (χ1v) is 5.77. The van der Waals surface area contributed by atoms with E-state index in [2.05, 4.69) is 0 Å². The van der Waals surface area contributed by atoms with Crippen molar-refractivity contribution in [2.75, 3.05) is 0 Å². The van der Waals surface area contributed by atoms with Crippen LogP contribution in [0.3, 0.4) is 0 Å². The summed E-state index contributed by atoms with van der Waals surface area (Å²) in [5.41, 5.74) is 0.774. The largest absolute Gasteiger partial charge is 0.507 e. The van der Waals surface area contributed by atoms with Crippen molar-refractivity contribution >= 4 is 18.0 Å². The van der Waals surface area contributed by atoms with Crippen LogP contribution in [0.15, 0.2) is 23.8 Å². The quantitative estimate of drug-likeness (QED) is 0.475. The Balaban J connectivity index is 2.41. The van der Waals surface area contributed by atoms with Gasteiger partial charge < -0.3 is 14.6 Å². The first kappa shape index (κ1) is 13.1. The van der Waals surface area contributed by atoms with Gasteiger partial charge in [0.2, 0.25) is 0 Å². The molecule has 1 aromatic rings. The lowest BCUT2D eigenvalue weighted by Crippen LogP contribution is -2.41. The van der Waals surface area contributed by atoms with Gasteiger partial charge in [0.1, 0.15) is 11.3 Å². The number of phenolic OH excluding ortho intramolecular Hbond substituents is 1. The van der Waals surface area contributed by atoms with Gasteiger partial charge in [-0.25, -0.2) is 9.59 Å². The van der Waals surface area contributed by atoms with Crippen molar-refractivity contribution in [1.29, 1.82) is 0 Å². The maximum atomic E-state index is 11.7. The predicted molar refractivity (Wildman–Crippen MR) is 67.1 cm³/mol. The van der Waals surface area contributed by atoms with Crippen molar-refractivity contribution in [2.45, 2.75) is 26.6 Å². The van der Waals surface area contributed by atoms with Gasteiger partial charge in [-0.15, -0.1) is 0 Å². The third-order valence-electron chi connectivity index (χ3n) is 2.69. The molecular formula is C14H14O5. The van der Waals surface area contributed by atoms with Gasteiger partial charge in [0.15, 0.2) is 0 Å². The van der Waals surface area contributed by atoms with E-state index >= 15 is 0 Å². The highest BCUT2D eigenvalue weighted by Gasteiger charge is 2.38. The minimum atomic E-state index is -1.26. The Morgan fingerprint density at radius 2 is 1.74 bits per heavy atom. The van der Waals surface area contributed by atoms with Gasteiger partial charge in [-0.1, -0.05) is 18.2 Å². The van der Waals surface area contributed by atoms with Crippen LogP contribution in [-0.2, 0) is 19.1 Å². The van der Waals surface area contributed by atoms with Crippen LogP contribution >= 0.6 is 0 Å². The number of hydrogen-bond acceptors (Lipinski definition) is 5. The van der Waals surface area contributed by atoms with E-state index in [1.54, 1.807) is 25.1 Å². The lowest BCUT2D eigenvalue weighted by Gasteiger charge is -2.29. The van der Waals surface area contributed by atoms with Gasteiger partial charge in [-0.2, -0.15) is 0 Å². The van der Waals surface area contributed by atoms with Gasteiger partial charge in [-0.3, -0.25) is 0 Å². The van der Waals surface area contributed by atoms with E-state index in [-0.39, 0.29) is 11.3 Å². The van der Waals surface area contributed by atoms with Crippen LogP contribution < -0.4 is 0 Å². The summed E-state index contributed by atoms with van der Waals surface area (Å²) in [5.74, 6) is -2.77. The summed E-state index contributed by atoms with van der Waals surface area (Å²) in [6.45, 7) is 4.67. The first-order valence-electron chi connectivity index (χ1n) is 5.77. The summed E-state index contributed by atoms with van der Waals surface area (Å²) in [7, 11) is 0. The summed E-state index contributed by atoms with van der Waals surface area (Å²) < 4.78 is 9.93. The molecule has 1 fully saturated rings. The number of ether oxygens (including phenoxy) is 2. The smallest absolute Gasteiger partial charge is 0.348 e. The molecule has 1 aliphatic rings. The van der Waals surface area contributed by atoms with Crippen LogP contribution in [0.25, 0.3) is 6.08 Å². The summed E-state index contributed by atoms with van der Waals surface area (Å²) >= 11 is 0. The van der Waals surface area contributed by atoms with Gasteiger partial charge in [0.25, 0.3) is 5.79 Å². The lowest BCUT2D eigenvalue weighted by molar-refractivity contribution is -0.222. The van der Waals surface area contributed by atoms with Gasteiger partial charge in [-0.05, 0) is 18.6 Å². The van der Waals surface area contributed by atoms with Crippen LogP contribution in [0.2, 0.25) is 0 Å². The van der Waals surface area contributed by atoms with E-state index in [9.17, 15) is 14.7 Å². The number of hydrogen-bond donors (Lipinski definition) is 1. The maximum absolute atomic E-state index is 11.7. The Kier molecular flexibility index (Phi) is 3.06. The van der Waals surface area contributed by atoms with Crippen molar-refractivity contribution in [1.82, 2.24) is 0 Å². The molecule has 5 nitrogen and oxygen atoms in total. The molecule has 0 amide bonds. The van der Waals surface area contributed by atoms with E-state index in [0.717, 1.165) is 0 Å². The molecular weight excluding hydrogens is 248 g/mol. The highest BCUT2D eigenvalue weighted by Crippen LogP contribution is 2.28. The molecule has 0 aliphatic carbocycles. The second kappa shape index (κ2) is 4.42. The highest BCUT2D eigenvalue weighted by atomic mass is 16.7. The van der Waals surface area contributed by atoms with E-state index in [1.807, 2.05) is 0 Å². The third-order valence-corrected chi connectivity index (χ3v) is 2.69. The Hall–Kier alpha value is -2.30. The molecule has 0 atom stereocenters. The Labute approximate surface area is 110 Å². The van der Waals surface area contributed by atoms with Crippen molar-refractivity contribution in [3.8, 4) is 5.75 Å². The topological polar surface area (TPSA) is 72.8 Å².